The second-order valence-corrected chi connectivity index (χ2v) is 5.21. The molecule has 0 amide bonds. The summed E-state index contributed by atoms with van der Waals surface area (Å²) in [5.74, 6) is 0.970. The van der Waals surface area contributed by atoms with Crippen LogP contribution in [0.2, 0.25) is 0 Å². The van der Waals surface area contributed by atoms with Gasteiger partial charge >= 0.3 is 0 Å². The first-order chi connectivity index (χ1) is 9.29. The first-order valence-electron chi connectivity index (χ1n) is 7.20. The van der Waals surface area contributed by atoms with Gasteiger partial charge < -0.3 is 19.2 Å². The van der Waals surface area contributed by atoms with Gasteiger partial charge in [0.05, 0.1) is 31.1 Å². The number of methoxy groups -OCH3 is 1. The summed E-state index contributed by atoms with van der Waals surface area (Å²) in [5.41, 5.74) is 0. The molecular weight excluding hydrogens is 242 g/mol. The summed E-state index contributed by atoms with van der Waals surface area (Å²) in [6, 6.07) is 4.14. The molecule has 1 aliphatic rings. The number of rotatable bonds is 7. The minimum Gasteiger partial charge on any atom is -0.468 e. The lowest BCUT2D eigenvalue weighted by Gasteiger charge is -2.28. The molecule has 1 aromatic rings. The van der Waals surface area contributed by atoms with E-state index in [4.69, 9.17) is 13.9 Å². The zero-order valence-electron chi connectivity index (χ0n) is 11.9. The van der Waals surface area contributed by atoms with Gasteiger partial charge in [0.15, 0.2) is 0 Å². The number of nitrogens with one attached hydrogen (secondary N) is 1. The van der Waals surface area contributed by atoms with E-state index in [0.29, 0.717) is 12.2 Å². The topological polar surface area (TPSA) is 43.6 Å². The Hall–Kier alpha value is -0.840. The Morgan fingerprint density at radius 3 is 3.00 bits per heavy atom. The van der Waals surface area contributed by atoms with Gasteiger partial charge in [-0.2, -0.15) is 0 Å². The lowest BCUT2D eigenvalue weighted by molar-refractivity contribution is -0.0286. The quantitative estimate of drug-likeness (QED) is 0.771. The molecule has 3 unspecified atom stereocenters. The highest BCUT2D eigenvalue weighted by Crippen LogP contribution is 2.22. The van der Waals surface area contributed by atoms with Gasteiger partial charge in [0.25, 0.3) is 0 Å². The maximum Gasteiger partial charge on any atom is 0.120 e. The molecule has 4 nitrogen and oxygen atoms in total. The van der Waals surface area contributed by atoms with Gasteiger partial charge in [-0.25, -0.2) is 0 Å². The molecule has 19 heavy (non-hydrogen) atoms. The van der Waals surface area contributed by atoms with Crippen LogP contribution in [0, 0.1) is 0 Å². The maximum atomic E-state index is 5.91. The molecule has 1 aliphatic carbocycles. The third kappa shape index (κ3) is 4.64. The summed E-state index contributed by atoms with van der Waals surface area (Å²) >= 11 is 0. The van der Waals surface area contributed by atoms with Crippen molar-refractivity contribution in [3.05, 3.63) is 24.2 Å². The van der Waals surface area contributed by atoms with Crippen molar-refractivity contribution in [1.29, 1.82) is 0 Å². The number of hydrogen-bond acceptors (Lipinski definition) is 4. The van der Waals surface area contributed by atoms with Crippen LogP contribution in [0.1, 0.15) is 44.4 Å². The predicted octanol–water partition coefficient (Wildman–Crippen LogP) is 2.90. The lowest BCUT2D eigenvalue weighted by atomic mass is 9.95. The lowest BCUT2D eigenvalue weighted by Crippen LogP contribution is -2.30. The molecule has 0 aromatic carbocycles. The maximum absolute atomic E-state index is 5.91. The molecule has 2 rings (SSSR count). The zero-order chi connectivity index (χ0) is 13.5. The van der Waals surface area contributed by atoms with E-state index in [-0.39, 0.29) is 6.04 Å². The first-order valence-corrected chi connectivity index (χ1v) is 7.20. The van der Waals surface area contributed by atoms with Crippen molar-refractivity contribution >= 4 is 0 Å². The summed E-state index contributed by atoms with van der Waals surface area (Å²) < 4.78 is 16.7. The van der Waals surface area contributed by atoms with Crippen LogP contribution in [0.4, 0.5) is 0 Å². The van der Waals surface area contributed by atoms with Crippen molar-refractivity contribution in [3.8, 4) is 0 Å². The first kappa shape index (κ1) is 14.6. The van der Waals surface area contributed by atoms with Crippen molar-refractivity contribution in [2.75, 3.05) is 20.3 Å². The molecule has 1 fully saturated rings. The highest BCUT2D eigenvalue weighted by Gasteiger charge is 2.21. The van der Waals surface area contributed by atoms with Crippen LogP contribution in [-0.2, 0) is 9.47 Å². The molecule has 1 aromatic heterocycles. The highest BCUT2D eigenvalue weighted by molar-refractivity contribution is 5.02. The van der Waals surface area contributed by atoms with Gasteiger partial charge in [-0.3, -0.25) is 0 Å². The average molecular weight is 267 g/mol. The third-order valence-corrected chi connectivity index (χ3v) is 3.79. The van der Waals surface area contributed by atoms with Crippen LogP contribution in [-0.4, -0.2) is 32.5 Å². The standard InChI is InChI=1S/C15H25NO3/c1-12(15-7-4-9-19-15)16-8-10-18-14-6-3-5-13(11-14)17-2/h4,7,9,12-14,16H,3,5-6,8,10-11H2,1-2H3. The van der Waals surface area contributed by atoms with E-state index in [1.807, 2.05) is 12.1 Å². The molecule has 0 bridgehead atoms. The van der Waals surface area contributed by atoms with Gasteiger partial charge in [-0.1, -0.05) is 0 Å². The molecule has 4 heteroatoms. The van der Waals surface area contributed by atoms with Gasteiger partial charge in [-0.05, 0) is 44.7 Å². The Morgan fingerprint density at radius 2 is 2.26 bits per heavy atom. The fraction of sp³-hybridized carbons (Fsp3) is 0.733. The van der Waals surface area contributed by atoms with Gasteiger partial charge in [-0.15, -0.1) is 0 Å². The summed E-state index contributed by atoms with van der Waals surface area (Å²) in [6.45, 7) is 3.68. The molecule has 1 N–H and O–H groups in total. The highest BCUT2D eigenvalue weighted by atomic mass is 16.5. The van der Waals surface area contributed by atoms with Crippen LogP contribution in [0.25, 0.3) is 0 Å². The Labute approximate surface area is 115 Å². The van der Waals surface area contributed by atoms with Crippen LogP contribution in [0.3, 0.4) is 0 Å². The molecule has 0 saturated heterocycles. The monoisotopic (exact) mass is 267 g/mol. The van der Waals surface area contributed by atoms with E-state index >= 15 is 0 Å². The number of furan rings is 1. The van der Waals surface area contributed by atoms with Crippen molar-refractivity contribution in [2.45, 2.75) is 50.9 Å². The molecule has 3 atom stereocenters. The van der Waals surface area contributed by atoms with Gasteiger partial charge in [0, 0.05) is 13.7 Å². The van der Waals surface area contributed by atoms with E-state index in [0.717, 1.165) is 31.8 Å². The molecular formula is C15H25NO3. The Balaban J connectivity index is 1.59. The second-order valence-electron chi connectivity index (χ2n) is 5.21. The number of hydrogen-bond donors (Lipinski definition) is 1. The summed E-state index contributed by atoms with van der Waals surface area (Å²) in [7, 11) is 1.79. The van der Waals surface area contributed by atoms with Crippen LogP contribution in [0.15, 0.2) is 22.8 Å². The van der Waals surface area contributed by atoms with Crippen LogP contribution in [0.5, 0.6) is 0 Å². The van der Waals surface area contributed by atoms with Crippen molar-refractivity contribution in [1.82, 2.24) is 5.32 Å². The van der Waals surface area contributed by atoms with Gasteiger partial charge in [0.2, 0.25) is 0 Å². The zero-order valence-corrected chi connectivity index (χ0v) is 11.9. The minimum absolute atomic E-state index is 0.233. The summed E-state index contributed by atoms with van der Waals surface area (Å²) in [6.07, 6.45) is 7.02. The second kappa shape index (κ2) is 7.68. The van der Waals surface area contributed by atoms with Gasteiger partial charge in [0.1, 0.15) is 5.76 Å². The largest absolute Gasteiger partial charge is 0.468 e. The Kier molecular flexibility index (Phi) is 5.89. The van der Waals surface area contributed by atoms with Crippen LogP contribution < -0.4 is 5.32 Å². The molecule has 1 heterocycles. The fourth-order valence-electron chi connectivity index (χ4n) is 2.61. The molecule has 1 saturated carbocycles. The molecule has 108 valence electrons. The predicted molar refractivity (Wildman–Crippen MR) is 74.1 cm³/mol. The molecule has 0 aliphatic heterocycles. The van der Waals surface area contributed by atoms with E-state index in [9.17, 15) is 0 Å². The van der Waals surface area contributed by atoms with E-state index < -0.39 is 0 Å². The summed E-state index contributed by atoms with van der Waals surface area (Å²) in [5, 5.41) is 3.40. The molecule has 0 radical (unpaired) electrons. The van der Waals surface area contributed by atoms with Crippen molar-refractivity contribution in [2.24, 2.45) is 0 Å². The third-order valence-electron chi connectivity index (χ3n) is 3.79. The number of ether oxygens (including phenoxy) is 2. The van der Waals surface area contributed by atoms with Crippen molar-refractivity contribution < 1.29 is 13.9 Å². The van der Waals surface area contributed by atoms with E-state index in [2.05, 4.69) is 12.2 Å². The average Bonchev–Trinajstić information content (AvgIpc) is 2.98. The van der Waals surface area contributed by atoms with E-state index in [1.165, 1.54) is 12.8 Å². The smallest absolute Gasteiger partial charge is 0.120 e. The molecule has 0 spiro atoms. The normalized spacial score (nSPS) is 25.4. The SMILES string of the molecule is COC1CCCC(OCCNC(C)c2ccco2)C1. The minimum atomic E-state index is 0.233. The Bertz CT molecular complexity index is 339. The van der Waals surface area contributed by atoms with E-state index in [1.54, 1.807) is 13.4 Å². The Morgan fingerprint density at radius 1 is 1.42 bits per heavy atom. The summed E-state index contributed by atoms with van der Waals surface area (Å²) in [4.78, 5) is 0. The van der Waals surface area contributed by atoms with Crippen LogP contribution >= 0.6 is 0 Å². The fourth-order valence-corrected chi connectivity index (χ4v) is 2.61. The van der Waals surface area contributed by atoms with Crippen molar-refractivity contribution in [3.63, 3.8) is 0 Å².